The molecule has 0 atom stereocenters. The zero-order valence-corrected chi connectivity index (χ0v) is 13.9. The summed E-state index contributed by atoms with van der Waals surface area (Å²) < 4.78 is 13.5. The predicted molar refractivity (Wildman–Crippen MR) is 88.4 cm³/mol. The minimum Gasteiger partial charge on any atom is -0.348 e. The van der Waals surface area contributed by atoms with Crippen molar-refractivity contribution < 1.29 is 14.1 Å². The van der Waals surface area contributed by atoms with Crippen LogP contribution < -0.4 is 5.32 Å². The van der Waals surface area contributed by atoms with E-state index < -0.39 is 10.7 Å². The zero-order chi connectivity index (χ0) is 16.3. The van der Waals surface area contributed by atoms with Crippen molar-refractivity contribution in [1.82, 2.24) is 5.32 Å². The van der Waals surface area contributed by atoms with E-state index in [-0.39, 0.29) is 23.2 Å². The quantitative estimate of drug-likeness (QED) is 0.450. The van der Waals surface area contributed by atoms with E-state index >= 15 is 0 Å². The molecule has 8 heteroatoms. The second-order valence-corrected chi connectivity index (χ2v) is 5.92. The van der Waals surface area contributed by atoms with Crippen molar-refractivity contribution in [2.75, 3.05) is 0 Å². The first-order valence-electron chi connectivity index (χ1n) is 6.04. The summed E-state index contributed by atoms with van der Waals surface area (Å²) in [6.07, 6.45) is 0. The van der Waals surface area contributed by atoms with E-state index in [1.54, 1.807) is 0 Å². The standard InChI is InChI=1S/C14H9ClFIN2O3/c15-11-5-8(1-4-12(11)16)7-18-14(20)10-3-2-9(19(21)22)6-13(10)17/h1-6H,7H2,(H,18,20). The summed E-state index contributed by atoms with van der Waals surface area (Å²) in [5.41, 5.74) is 0.905. The van der Waals surface area contributed by atoms with Gasteiger partial charge in [0.15, 0.2) is 0 Å². The van der Waals surface area contributed by atoms with Crippen molar-refractivity contribution in [2.45, 2.75) is 6.54 Å². The number of benzene rings is 2. The molecule has 0 aromatic heterocycles. The fourth-order valence-electron chi connectivity index (χ4n) is 1.73. The minimum atomic E-state index is -0.526. The first-order chi connectivity index (χ1) is 10.4. The van der Waals surface area contributed by atoms with Crippen molar-refractivity contribution in [2.24, 2.45) is 0 Å². The molecule has 0 aliphatic rings. The van der Waals surface area contributed by atoms with Gasteiger partial charge in [-0.05, 0) is 46.4 Å². The molecule has 2 aromatic carbocycles. The molecule has 2 aromatic rings. The number of hydrogen-bond donors (Lipinski definition) is 1. The fourth-order valence-corrected chi connectivity index (χ4v) is 2.68. The highest BCUT2D eigenvalue weighted by Gasteiger charge is 2.14. The molecule has 0 unspecified atom stereocenters. The van der Waals surface area contributed by atoms with Crippen LogP contribution in [0.25, 0.3) is 0 Å². The first-order valence-corrected chi connectivity index (χ1v) is 7.50. The average molecular weight is 435 g/mol. The topological polar surface area (TPSA) is 72.2 Å². The zero-order valence-electron chi connectivity index (χ0n) is 11.0. The van der Waals surface area contributed by atoms with Crippen LogP contribution in [0, 0.1) is 19.5 Å². The van der Waals surface area contributed by atoms with Gasteiger partial charge in [-0.2, -0.15) is 0 Å². The van der Waals surface area contributed by atoms with Crippen LogP contribution in [0.5, 0.6) is 0 Å². The summed E-state index contributed by atoms with van der Waals surface area (Å²) >= 11 is 7.53. The number of non-ortho nitro benzene ring substituents is 1. The van der Waals surface area contributed by atoms with Crippen molar-refractivity contribution in [1.29, 1.82) is 0 Å². The summed E-state index contributed by atoms with van der Waals surface area (Å²) in [6.45, 7) is 0.173. The van der Waals surface area contributed by atoms with Gasteiger partial charge in [0.25, 0.3) is 11.6 Å². The van der Waals surface area contributed by atoms with Gasteiger partial charge in [0.05, 0.1) is 15.5 Å². The smallest absolute Gasteiger partial charge is 0.270 e. The van der Waals surface area contributed by atoms with E-state index in [2.05, 4.69) is 5.32 Å². The Bertz CT molecular complexity index is 755. The Morgan fingerprint density at radius 1 is 1.32 bits per heavy atom. The number of amides is 1. The third-order valence-corrected chi connectivity index (χ3v) is 4.03. The van der Waals surface area contributed by atoms with Gasteiger partial charge in [0, 0.05) is 22.2 Å². The molecule has 0 aliphatic carbocycles. The van der Waals surface area contributed by atoms with Gasteiger partial charge in [-0.1, -0.05) is 17.7 Å². The number of rotatable bonds is 4. The molecule has 0 aliphatic heterocycles. The number of nitro groups is 1. The van der Waals surface area contributed by atoms with E-state index in [1.165, 1.54) is 36.4 Å². The third kappa shape index (κ3) is 3.92. The lowest BCUT2D eigenvalue weighted by molar-refractivity contribution is -0.384. The maximum Gasteiger partial charge on any atom is 0.270 e. The van der Waals surface area contributed by atoms with Crippen molar-refractivity contribution in [3.8, 4) is 0 Å². The van der Waals surface area contributed by atoms with E-state index in [0.29, 0.717) is 14.7 Å². The maximum atomic E-state index is 13.0. The van der Waals surface area contributed by atoms with Crippen molar-refractivity contribution in [3.63, 3.8) is 0 Å². The Hall–Kier alpha value is -1.74. The number of nitrogens with one attached hydrogen (secondary N) is 1. The lowest BCUT2D eigenvalue weighted by atomic mass is 10.1. The maximum absolute atomic E-state index is 13.0. The van der Waals surface area contributed by atoms with E-state index in [9.17, 15) is 19.3 Å². The molecule has 22 heavy (non-hydrogen) atoms. The number of carbonyl (C=O) groups is 1. The number of hydrogen-bond acceptors (Lipinski definition) is 3. The number of carbonyl (C=O) groups excluding carboxylic acids is 1. The first kappa shape index (κ1) is 16.6. The van der Waals surface area contributed by atoms with Crippen molar-refractivity contribution in [3.05, 3.63) is 72.0 Å². The molecule has 0 heterocycles. The molecule has 0 spiro atoms. The van der Waals surface area contributed by atoms with Gasteiger partial charge in [-0.15, -0.1) is 0 Å². The summed E-state index contributed by atoms with van der Waals surface area (Å²) in [6, 6.07) is 8.16. The summed E-state index contributed by atoms with van der Waals surface area (Å²) in [5.74, 6) is -0.901. The molecular weight excluding hydrogens is 426 g/mol. The molecule has 1 N–H and O–H groups in total. The normalized spacial score (nSPS) is 10.3. The third-order valence-electron chi connectivity index (χ3n) is 2.85. The Labute approximate surface area is 143 Å². The molecule has 5 nitrogen and oxygen atoms in total. The van der Waals surface area contributed by atoms with Gasteiger partial charge >= 0.3 is 0 Å². The van der Waals surface area contributed by atoms with Crippen LogP contribution in [0.1, 0.15) is 15.9 Å². The number of halogens is 3. The lowest BCUT2D eigenvalue weighted by Gasteiger charge is -2.07. The molecule has 0 saturated heterocycles. The van der Waals surface area contributed by atoms with Crippen LogP contribution >= 0.6 is 34.2 Å². The van der Waals surface area contributed by atoms with Gasteiger partial charge in [0.1, 0.15) is 5.82 Å². The van der Waals surface area contributed by atoms with Gasteiger partial charge in [0.2, 0.25) is 0 Å². The molecule has 1 amide bonds. The average Bonchev–Trinajstić information content (AvgIpc) is 2.48. The van der Waals surface area contributed by atoms with E-state index in [4.69, 9.17) is 11.6 Å². The molecule has 114 valence electrons. The van der Waals surface area contributed by atoms with Crippen LogP contribution in [-0.4, -0.2) is 10.8 Å². The second kappa shape index (κ2) is 7.01. The van der Waals surface area contributed by atoms with Gasteiger partial charge in [-0.3, -0.25) is 14.9 Å². The Morgan fingerprint density at radius 2 is 2.05 bits per heavy atom. The Balaban J connectivity index is 2.09. The van der Waals surface area contributed by atoms with Gasteiger partial charge in [-0.25, -0.2) is 4.39 Å². The Morgan fingerprint density at radius 3 is 2.64 bits per heavy atom. The molecule has 0 fully saturated rings. The minimum absolute atomic E-state index is 0.0170. The molecule has 0 bridgehead atoms. The van der Waals surface area contributed by atoms with Crippen LogP contribution in [0.3, 0.4) is 0 Å². The molecular formula is C14H9ClFIN2O3. The van der Waals surface area contributed by atoms with Gasteiger partial charge < -0.3 is 5.32 Å². The van der Waals surface area contributed by atoms with Crippen molar-refractivity contribution >= 4 is 45.8 Å². The lowest BCUT2D eigenvalue weighted by Crippen LogP contribution is -2.23. The molecule has 0 radical (unpaired) electrons. The largest absolute Gasteiger partial charge is 0.348 e. The fraction of sp³-hybridized carbons (Fsp3) is 0.0714. The summed E-state index contributed by atoms with van der Waals surface area (Å²) in [5, 5.41) is 13.3. The molecule has 0 saturated carbocycles. The summed E-state index contributed by atoms with van der Waals surface area (Å²) in [7, 11) is 0. The summed E-state index contributed by atoms with van der Waals surface area (Å²) in [4.78, 5) is 22.2. The predicted octanol–water partition coefficient (Wildman–Crippen LogP) is 3.92. The molecule has 2 rings (SSSR count). The SMILES string of the molecule is O=C(NCc1ccc(F)c(Cl)c1)c1ccc([N+](=O)[O-])cc1I. The highest BCUT2D eigenvalue weighted by atomic mass is 127. The Kier molecular flexibility index (Phi) is 5.30. The number of nitrogens with zero attached hydrogens (tertiary/aromatic N) is 1. The van der Waals surface area contributed by atoms with Crippen LogP contribution in [-0.2, 0) is 6.54 Å². The number of nitro benzene ring substituents is 1. The highest BCUT2D eigenvalue weighted by molar-refractivity contribution is 14.1. The second-order valence-electron chi connectivity index (χ2n) is 4.35. The van der Waals surface area contributed by atoms with E-state index in [1.807, 2.05) is 22.6 Å². The van der Waals surface area contributed by atoms with Crippen LogP contribution in [0.2, 0.25) is 5.02 Å². The monoisotopic (exact) mass is 434 g/mol. The highest BCUT2D eigenvalue weighted by Crippen LogP contribution is 2.20. The van der Waals surface area contributed by atoms with Crippen LogP contribution in [0.15, 0.2) is 36.4 Å². The van der Waals surface area contributed by atoms with Crippen LogP contribution in [0.4, 0.5) is 10.1 Å². The van der Waals surface area contributed by atoms with E-state index in [0.717, 1.165) is 0 Å².